The van der Waals surface area contributed by atoms with Crippen molar-refractivity contribution in [2.45, 2.75) is 19.4 Å². The van der Waals surface area contributed by atoms with Gasteiger partial charge >= 0.3 is 0 Å². The zero-order valence-electron chi connectivity index (χ0n) is 11.5. The summed E-state index contributed by atoms with van der Waals surface area (Å²) in [6.07, 6.45) is 0.194. The van der Waals surface area contributed by atoms with Crippen LogP contribution in [0.5, 0.6) is 0 Å². The lowest BCUT2D eigenvalue weighted by atomic mass is 10.1. The summed E-state index contributed by atoms with van der Waals surface area (Å²) in [5, 5.41) is 14.6. The number of aliphatic hydroxyl groups is 1. The minimum absolute atomic E-state index is 0.370. The highest BCUT2D eigenvalue weighted by molar-refractivity contribution is 9.10. The maximum absolute atomic E-state index is 10.3. The highest BCUT2D eigenvalue weighted by atomic mass is 79.9. The van der Waals surface area contributed by atoms with Crippen LogP contribution in [-0.2, 0) is 6.42 Å². The maximum Gasteiger partial charge on any atom is 0.0977 e. The van der Waals surface area contributed by atoms with Crippen LogP contribution in [0.25, 0.3) is 0 Å². The molecule has 2 N–H and O–H groups in total. The maximum atomic E-state index is 10.3. The van der Waals surface area contributed by atoms with Gasteiger partial charge < -0.3 is 10.4 Å². The van der Waals surface area contributed by atoms with E-state index in [9.17, 15) is 5.11 Å². The number of halogens is 3. The van der Waals surface area contributed by atoms with Crippen LogP contribution >= 0.6 is 39.1 Å². The van der Waals surface area contributed by atoms with Gasteiger partial charge in [0.1, 0.15) is 0 Å². The quantitative estimate of drug-likeness (QED) is 0.712. The third-order valence-electron chi connectivity index (χ3n) is 3.25. The van der Waals surface area contributed by atoms with Gasteiger partial charge in [0, 0.05) is 32.3 Å². The minimum Gasteiger partial charge on any atom is -0.387 e. The highest BCUT2D eigenvalue weighted by Gasteiger charge is 2.13. The van der Waals surface area contributed by atoms with E-state index in [1.54, 1.807) is 18.2 Å². The van der Waals surface area contributed by atoms with Crippen molar-refractivity contribution in [1.29, 1.82) is 0 Å². The lowest BCUT2D eigenvalue weighted by Gasteiger charge is -2.17. The molecule has 0 radical (unpaired) electrons. The number of hydrogen-bond acceptors (Lipinski definition) is 2. The predicted octanol–water partition coefficient (Wildman–Crippen LogP) is 5.46. The Morgan fingerprint density at radius 2 is 1.95 bits per heavy atom. The zero-order chi connectivity index (χ0) is 15.4. The molecule has 2 aromatic carbocycles. The topological polar surface area (TPSA) is 32.3 Å². The van der Waals surface area contributed by atoms with Crippen molar-refractivity contribution < 1.29 is 5.11 Å². The van der Waals surface area contributed by atoms with Crippen LogP contribution in [0.3, 0.4) is 0 Å². The Hall–Kier alpha value is -0.740. The smallest absolute Gasteiger partial charge is 0.0977 e. The molecule has 5 heteroatoms. The molecule has 0 bridgehead atoms. The van der Waals surface area contributed by atoms with E-state index in [-0.39, 0.29) is 0 Å². The molecule has 0 aliphatic rings. The largest absolute Gasteiger partial charge is 0.387 e. The first-order valence-corrected chi connectivity index (χ1v) is 8.21. The molecule has 1 atom stereocenters. The predicted molar refractivity (Wildman–Crippen MR) is 93.4 cm³/mol. The van der Waals surface area contributed by atoms with Crippen molar-refractivity contribution in [3.8, 4) is 0 Å². The van der Waals surface area contributed by atoms with E-state index >= 15 is 0 Å². The number of benzene rings is 2. The van der Waals surface area contributed by atoms with Gasteiger partial charge in [0.05, 0.1) is 6.10 Å². The second-order valence-corrected chi connectivity index (χ2v) is 6.48. The average Bonchev–Trinajstić information content (AvgIpc) is 2.48. The van der Waals surface area contributed by atoms with Crippen molar-refractivity contribution in [2.75, 3.05) is 11.9 Å². The van der Waals surface area contributed by atoms with E-state index in [0.717, 1.165) is 16.6 Å². The van der Waals surface area contributed by atoms with Crippen LogP contribution in [-0.4, -0.2) is 11.7 Å². The Bertz CT molecular complexity index is 634. The van der Waals surface area contributed by atoms with Gasteiger partial charge in [-0.15, -0.1) is 0 Å². The summed E-state index contributed by atoms with van der Waals surface area (Å²) in [5.74, 6) is 0. The Balaban J connectivity index is 2.10. The van der Waals surface area contributed by atoms with Crippen LogP contribution in [0, 0.1) is 0 Å². The second-order valence-electron chi connectivity index (χ2n) is 4.72. The van der Waals surface area contributed by atoms with Crippen LogP contribution in [0.4, 0.5) is 5.69 Å². The number of anilines is 1. The fourth-order valence-corrected chi connectivity index (χ4v) is 2.95. The monoisotopic (exact) mass is 387 g/mol. The van der Waals surface area contributed by atoms with Crippen molar-refractivity contribution in [3.05, 3.63) is 62.0 Å². The summed E-state index contributed by atoms with van der Waals surface area (Å²) in [4.78, 5) is 0. The van der Waals surface area contributed by atoms with Crippen LogP contribution < -0.4 is 5.32 Å². The molecule has 0 amide bonds. The van der Waals surface area contributed by atoms with E-state index < -0.39 is 6.10 Å². The van der Waals surface area contributed by atoms with Gasteiger partial charge in [-0.25, -0.2) is 0 Å². The van der Waals surface area contributed by atoms with Crippen LogP contribution in [0.2, 0.25) is 10.0 Å². The number of rotatable bonds is 5. The Labute approximate surface area is 143 Å². The first kappa shape index (κ1) is 16.6. The fourth-order valence-electron chi connectivity index (χ4n) is 2.11. The lowest BCUT2D eigenvalue weighted by molar-refractivity contribution is 0.191. The van der Waals surface area contributed by atoms with Crippen molar-refractivity contribution in [1.82, 2.24) is 0 Å². The van der Waals surface area contributed by atoms with Gasteiger partial charge in [0.2, 0.25) is 0 Å². The van der Waals surface area contributed by atoms with Crippen LogP contribution in [0.1, 0.15) is 24.2 Å². The Morgan fingerprint density at radius 3 is 2.67 bits per heavy atom. The number of aryl methyl sites for hydroxylation is 1. The summed E-state index contributed by atoms with van der Waals surface area (Å²) in [6, 6.07) is 11.1. The SMILES string of the molecule is CCc1cc(Br)ccc1NCC(O)c1cc(Cl)ccc1Cl. The third-order valence-corrected chi connectivity index (χ3v) is 4.32. The molecule has 21 heavy (non-hydrogen) atoms. The molecule has 112 valence electrons. The van der Waals surface area contributed by atoms with Gasteiger partial charge in [-0.1, -0.05) is 46.1 Å². The second kappa shape index (κ2) is 7.50. The number of hydrogen-bond donors (Lipinski definition) is 2. The van der Waals surface area contributed by atoms with E-state index in [2.05, 4.69) is 34.2 Å². The first-order chi connectivity index (χ1) is 10.0. The Kier molecular flexibility index (Phi) is 5.94. The molecule has 2 aromatic rings. The van der Waals surface area contributed by atoms with Gasteiger partial charge in [0.25, 0.3) is 0 Å². The molecule has 0 aliphatic carbocycles. The molecule has 0 saturated carbocycles. The first-order valence-electron chi connectivity index (χ1n) is 6.66. The molecule has 2 nitrogen and oxygen atoms in total. The van der Waals surface area contributed by atoms with E-state index in [4.69, 9.17) is 23.2 Å². The summed E-state index contributed by atoms with van der Waals surface area (Å²) in [7, 11) is 0. The van der Waals surface area contributed by atoms with Gasteiger partial charge in [0.15, 0.2) is 0 Å². The highest BCUT2D eigenvalue weighted by Crippen LogP contribution is 2.27. The van der Waals surface area contributed by atoms with E-state index in [0.29, 0.717) is 22.2 Å². The molecule has 0 aliphatic heterocycles. The van der Waals surface area contributed by atoms with E-state index in [1.165, 1.54) is 5.56 Å². The third kappa shape index (κ3) is 4.36. The molecule has 0 saturated heterocycles. The molecule has 0 heterocycles. The van der Waals surface area contributed by atoms with Gasteiger partial charge in [-0.2, -0.15) is 0 Å². The Morgan fingerprint density at radius 1 is 1.19 bits per heavy atom. The average molecular weight is 389 g/mol. The standard InChI is InChI=1S/C16H16BrCl2NO/c1-2-10-7-11(17)3-6-15(10)20-9-16(21)13-8-12(18)4-5-14(13)19/h3-8,16,20-21H,2,9H2,1H3. The normalized spacial score (nSPS) is 12.2. The molecule has 0 fully saturated rings. The molecule has 2 rings (SSSR count). The fraction of sp³-hybridized carbons (Fsp3) is 0.250. The molecule has 0 aromatic heterocycles. The van der Waals surface area contributed by atoms with Gasteiger partial charge in [-0.05, 0) is 48.4 Å². The molecule has 1 unspecified atom stereocenters. The van der Waals surface area contributed by atoms with Crippen molar-refractivity contribution >= 4 is 44.8 Å². The summed E-state index contributed by atoms with van der Waals surface area (Å²) >= 11 is 15.5. The van der Waals surface area contributed by atoms with Gasteiger partial charge in [-0.3, -0.25) is 0 Å². The van der Waals surface area contributed by atoms with Crippen molar-refractivity contribution in [3.63, 3.8) is 0 Å². The summed E-state index contributed by atoms with van der Waals surface area (Å²) < 4.78 is 1.04. The number of nitrogens with one attached hydrogen (secondary N) is 1. The van der Waals surface area contributed by atoms with Crippen molar-refractivity contribution in [2.24, 2.45) is 0 Å². The number of aliphatic hydroxyl groups excluding tert-OH is 1. The van der Waals surface area contributed by atoms with E-state index in [1.807, 2.05) is 12.1 Å². The zero-order valence-corrected chi connectivity index (χ0v) is 14.6. The molecular formula is C16H16BrCl2NO. The molecule has 0 spiro atoms. The van der Waals surface area contributed by atoms with Crippen LogP contribution in [0.15, 0.2) is 40.9 Å². The lowest BCUT2D eigenvalue weighted by Crippen LogP contribution is -2.13. The summed E-state index contributed by atoms with van der Waals surface area (Å²) in [5.41, 5.74) is 2.83. The molecular weight excluding hydrogens is 373 g/mol. The minimum atomic E-state index is -0.718. The summed E-state index contributed by atoms with van der Waals surface area (Å²) in [6.45, 7) is 2.46.